The molecule has 0 aliphatic heterocycles. The highest BCUT2D eigenvalue weighted by Gasteiger charge is 2.12. The van der Waals surface area contributed by atoms with Crippen LogP contribution < -0.4 is 4.74 Å². The smallest absolute Gasteiger partial charge is 0.367 e. The van der Waals surface area contributed by atoms with Gasteiger partial charge in [-0.15, -0.1) is 0 Å². The van der Waals surface area contributed by atoms with E-state index < -0.39 is 5.97 Å². The van der Waals surface area contributed by atoms with Gasteiger partial charge in [-0.3, -0.25) is 0 Å². The highest BCUT2D eigenvalue weighted by molar-refractivity contribution is 6.36. The van der Waals surface area contributed by atoms with Crippen molar-refractivity contribution in [3.63, 3.8) is 0 Å². The van der Waals surface area contributed by atoms with Crippen molar-refractivity contribution in [2.45, 2.75) is 13.3 Å². The molecule has 0 bridgehead atoms. The number of hydrogen-bond acceptors (Lipinski definition) is 4. The topological polar surface area (TPSA) is 47.9 Å². The molecule has 4 nitrogen and oxygen atoms in total. The third-order valence-electron chi connectivity index (χ3n) is 3.34. The second kappa shape index (κ2) is 9.25. The zero-order valence-corrected chi connectivity index (χ0v) is 15.3. The van der Waals surface area contributed by atoms with Gasteiger partial charge < -0.3 is 9.57 Å². The van der Waals surface area contributed by atoms with Crippen LogP contribution in [0.2, 0.25) is 10.0 Å². The molecule has 6 heteroatoms. The summed E-state index contributed by atoms with van der Waals surface area (Å²) in [6.07, 6.45) is 4.28. The Kier molecular flexibility index (Phi) is 7.04. The first-order valence-electron chi connectivity index (χ1n) is 7.59. The Morgan fingerprint density at radius 2 is 1.88 bits per heavy atom. The summed E-state index contributed by atoms with van der Waals surface area (Å²) in [4.78, 5) is 17.0. The summed E-state index contributed by atoms with van der Waals surface area (Å²) in [6, 6.07) is 12.1. The van der Waals surface area contributed by atoms with Crippen molar-refractivity contribution in [3.05, 3.63) is 69.7 Å². The van der Waals surface area contributed by atoms with Gasteiger partial charge in [0.2, 0.25) is 0 Å². The number of rotatable bonds is 6. The highest BCUT2D eigenvalue weighted by atomic mass is 35.5. The lowest BCUT2D eigenvalue weighted by Gasteiger charge is -2.03. The molecule has 0 amide bonds. The second-order valence-corrected chi connectivity index (χ2v) is 5.89. The molecule has 0 heterocycles. The standard InChI is InChI=1S/C19H17Cl2NO3/c1-3-15(8-4-13-5-9-16(24-2)10-6-13)22-25-19(23)17-11-7-14(20)12-18(17)21/h4-12H,3H2,1-2H3. The van der Waals surface area contributed by atoms with E-state index >= 15 is 0 Å². The van der Waals surface area contributed by atoms with Crippen molar-refractivity contribution < 1.29 is 14.4 Å². The summed E-state index contributed by atoms with van der Waals surface area (Å²) in [6.45, 7) is 1.92. The Balaban J connectivity index is 2.06. The van der Waals surface area contributed by atoms with Gasteiger partial charge >= 0.3 is 5.97 Å². The van der Waals surface area contributed by atoms with Gasteiger partial charge in [-0.1, -0.05) is 53.5 Å². The van der Waals surface area contributed by atoms with Gasteiger partial charge in [-0.2, -0.15) is 0 Å². The molecule has 2 aromatic rings. The van der Waals surface area contributed by atoms with Crippen LogP contribution in [0, 0.1) is 0 Å². The maximum absolute atomic E-state index is 12.0. The number of halogens is 2. The molecule has 0 fully saturated rings. The van der Waals surface area contributed by atoms with Crippen LogP contribution in [0.4, 0.5) is 0 Å². The van der Waals surface area contributed by atoms with Gasteiger partial charge in [-0.05, 0) is 48.4 Å². The number of carbonyl (C=O) groups is 1. The number of benzene rings is 2. The van der Waals surface area contributed by atoms with E-state index in [4.69, 9.17) is 32.8 Å². The summed E-state index contributed by atoms with van der Waals surface area (Å²) < 4.78 is 5.12. The van der Waals surface area contributed by atoms with Gasteiger partial charge in [0.1, 0.15) is 5.75 Å². The third kappa shape index (κ3) is 5.62. The molecule has 0 saturated carbocycles. The fraction of sp³-hybridized carbons (Fsp3) is 0.158. The number of hydrogen-bond donors (Lipinski definition) is 0. The number of nitrogens with zero attached hydrogens (tertiary/aromatic N) is 1. The predicted molar refractivity (Wildman–Crippen MR) is 102 cm³/mol. The molecule has 0 saturated heterocycles. The first-order valence-corrected chi connectivity index (χ1v) is 8.34. The van der Waals surface area contributed by atoms with Crippen molar-refractivity contribution in [1.82, 2.24) is 0 Å². The van der Waals surface area contributed by atoms with Crippen LogP contribution in [0.1, 0.15) is 29.3 Å². The van der Waals surface area contributed by atoms with Crippen molar-refractivity contribution in [3.8, 4) is 5.75 Å². The van der Waals surface area contributed by atoms with E-state index in [1.807, 2.05) is 37.3 Å². The maximum Gasteiger partial charge on any atom is 0.367 e. The molecule has 0 aliphatic rings. The molecule has 0 aromatic heterocycles. The van der Waals surface area contributed by atoms with Crippen LogP contribution in [0.5, 0.6) is 5.75 Å². The van der Waals surface area contributed by atoms with Crippen molar-refractivity contribution >= 4 is 41.0 Å². The number of carbonyl (C=O) groups excluding carboxylic acids is 1. The number of allylic oxidation sites excluding steroid dienone is 1. The minimum absolute atomic E-state index is 0.212. The van der Waals surface area contributed by atoms with E-state index in [2.05, 4.69) is 5.16 Å². The molecule has 0 spiro atoms. The van der Waals surface area contributed by atoms with Crippen molar-refractivity contribution in [2.24, 2.45) is 5.16 Å². The molecule has 0 radical (unpaired) electrons. The van der Waals surface area contributed by atoms with Gasteiger partial charge in [0.05, 0.1) is 23.4 Å². The molecule has 25 heavy (non-hydrogen) atoms. The zero-order chi connectivity index (χ0) is 18.2. The van der Waals surface area contributed by atoms with E-state index in [0.717, 1.165) is 11.3 Å². The van der Waals surface area contributed by atoms with E-state index in [1.54, 1.807) is 19.3 Å². The van der Waals surface area contributed by atoms with E-state index in [9.17, 15) is 4.79 Å². The lowest BCUT2D eigenvalue weighted by molar-refractivity contribution is 0.0516. The molecular formula is C19H17Cl2NO3. The monoisotopic (exact) mass is 377 g/mol. The van der Waals surface area contributed by atoms with Gasteiger partial charge in [0.25, 0.3) is 0 Å². The maximum atomic E-state index is 12.0. The van der Waals surface area contributed by atoms with Gasteiger partial charge in [0, 0.05) is 5.02 Å². The fourth-order valence-electron chi connectivity index (χ4n) is 1.92. The summed E-state index contributed by atoms with van der Waals surface area (Å²) >= 11 is 11.8. The fourth-order valence-corrected chi connectivity index (χ4v) is 2.41. The average Bonchev–Trinajstić information content (AvgIpc) is 2.62. The molecule has 0 N–H and O–H groups in total. The molecule has 0 unspecified atom stereocenters. The quantitative estimate of drug-likeness (QED) is 0.371. The summed E-state index contributed by atoms with van der Waals surface area (Å²) in [7, 11) is 1.62. The van der Waals surface area contributed by atoms with Crippen molar-refractivity contribution in [2.75, 3.05) is 7.11 Å². The largest absolute Gasteiger partial charge is 0.497 e. The highest BCUT2D eigenvalue weighted by Crippen LogP contribution is 2.21. The molecule has 130 valence electrons. The Labute approximate surface area is 156 Å². The summed E-state index contributed by atoms with van der Waals surface area (Å²) in [5.41, 5.74) is 1.81. The molecule has 2 aromatic carbocycles. The molecule has 2 rings (SSSR count). The number of methoxy groups -OCH3 is 1. The van der Waals surface area contributed by atoms with Crippen LogP contribution in [0.25, 0.3) is 6.08 Å². The van der Waals surface area contributed by atoms with E-state index in [1.165, 1.54) is 12.1 Å². The van der Waals surface area contributed by atoms with Crippen LogP contribution >= 0.6 is 23.2 Å². The van der Waals surface area contributed by atoms with Crippen LogP contribution in [-0.4, -0.2) is 18.8 Å². The Morgan fingerprint density at radius 3 is 2.48 bits per heavy atom. The minimum atomic E-state index is -0.634. The molecular weight excluding hydrogens is 361 g/mol. The Bertz CT molecular complexity index is 799. The molecule has 0 atom stereocenters. The lowest BCUT2D eigenvalue weighted by atomic mass is 10.1. The second-order valence-electron chi connectivity index (χ2n) is 5.05. The van der Waals surface area contributed by atoms with Crippen molar-refractivity contribution in [1.29, 1.82) is 0 Å². The predicted octanol–water partition coefficient (Wildman–Crippen LogP) is 5.64. The third-order valence-corrected chi connectivity index (χ3v) is 3.89. The summed E-state index contributed by atoms with van der Waals surface area (Å²) in [5.74, 6) is 0.153. The first kappa shape index (κ1) is 19.0. The molecule has 0 aliphatic carbocycles. The van der Waals surface area contributed by atoms with Crippen LogP contribution in [0.15, 0.2) is 53.7 Å². The number of oxime groups is 1. The Hall–Kier alpha value is -2.30. The summed E-state index contributed by atoms with van der Waals surface area (Å²) in [5, 5.41) is 4.56. The first-order chi connectivity index (χ1) is 12.0. The van der Waals surface area contributed by atoms with E-state index in [0.29, 0.717) is 17.2 Å². The average molecular weight is 378 g/mol. The number of ether oxygens (including phenoxy) is 1. The normalized spacial score (nSPS) is 11.6. The SMILES string of the molecule is CCC(C=Cc1ccc(OC)cc1)=NOC(=O)c1ccc(Cl)cc1Cl. The van der Waals surface area contributed by atoms with Gasteiger partial charge in [-0.25, -0.2) is 4.79 Å². The lowest BCUT2D eigenvalue weighted by Crippen LogP contribution is -2.04. The zero-order valence-electron chi connectivity index (χ0n) is 13.8. The Morgan fingerprint density at radius 1 is 1.16 bits per heavy atom. The van der Waals surface area contributed by atoms with Crippen LogP contribution in [0.3, 0.4) is 0 Å². The van der Waals surface area contributed by atoms with Crippen LogP contribution in [-0.2, 0) is 4.84 Å². The van der Waals surface area contributed by atoms with E-state index in [-0.39, 0.29) is 10.6 Å². The minimum Gasteiger partial charge on any atom is -0.497 e. The van der Waals surface area contributed by atoms with Gasteiger partial charge in [0.15, 0.2) is 0 Å².